The number of nitrogens with one attached hydrogen (secondary N) is 1. The Morgan fingerprint density at radius 3 is 2.12 bits per heavy atom. The number of hydrogen-bond acceptors (Lipinski definition) is 2. The first kappa shape index (κ1) is 14.0. The van der Waals surface area contributed by atoms with Crippen molar-refractivity contribution in [2.24, 2.45) is 23.1 Å². The smallest absolute Gasteiger partial charge is 0.0243 e. The van der Waals surface area contributed by atoms with Gasteiger partial charge in [-0.3, -0.25) is 11.3 Å². The van der Waals surface area contributed by atoms with Crippen LogP contribution in [0.15, 0.2) is 0 Å². The number of hydrazine groups is 1. The van der Waals surface area contributed by atoms with Gasteiger partial charge in [-0.2, -0.15) is 0 Å². The zero-order valence-corrected chi connectivity index (χ0v) is 11.6. The van der Waals surface area contributed by atoms with E-state index >= 15 is 0 Å². The molecule has 96 valence electrons. The lowest BCUT2D eigenvalue weighted by Crippen LogP contribution is -2.44. The SMILES string of the molecule is CCC1CCC(C(CC(C)(C)C)NN)CC1. The molecule has 0 aromatic heterocycles. The Balaban J connectivity index is 2.43. The first-order chi connectivity index (χ1) is 7.46. The van der Waals surface area contributed by atoms with E-state index in [1.165, 1.54) is 38.5 Å². The van der Waals surface area contributed by atoms with Crippen LogP contribution in [0.3, 0.4) is 0 Å². The Morgan fingerprint density at radius 2 is 1.75 bits per heavy atom. The highest BCUT2D eigenvalue weighted by Crippen LogP contribution is 2.35. The fourth-order valence-corrected chi connectivity index (χ4v) is 3.02. The predicted molar refractivity (Wildman–Crippen MR) is 70.9 cm³/mol. The quantitative estimate of drug-likeness (QED) is 0.569. The van der Waals surface area contributed by atoms with Gasteiger partial charge in [0.25, 0.3) is 0 Å². The molecule has 0 aromatic carbocycles. The zero-order chi connectivity index (χ0) is 12.2. The Kier molecular flexibility index (Phi) is 5.26. The van der Waals surface area contributed by atoms with E-state index < -0.39 is 0 Å². The van der Waals surface area contributed by atoms with Crippen molar-refractivity contribution in [1.29, 1.82) is 0 Å². The predicted octanol–water partition coefficient (Wildman–Crippen LogP) is 3.47. The topological polar surface area (TPSA) is 38.0 Å². The maximum atomic E-state index is 5.73. The van der Waals surface area contributed by atoms with Gasteiger partial charge in [0.1, 0.15) is 0 Å². The van der Waals surface area contributed by atoms with Crippen LogP contribution in [0, 0.1) is 17.3 Å². The van der Waals surface area contributed by atoms with Crippen molar-refractivity contribution in [3.05, 3.63) is 0 Å². The second-order valence-electron chi connectivity index (χ2n) is 6.73. The molecule has 1 atom stereocenters. The largest absolute Gasteiger partial charge is 0.271 e. The molecule has 1 aliphatic carbocycles. The molecule has 16 heavy (non-hydrogen) atoms. The average Bonchev–Trinajstić information content (AvgIpc) is 2.25. The summed E-state index contributed by atoms with van der Waals surface area (Å²) in [6, 6.07) is 0.512. The molecule has 0 aliphatic heterocycles. The summed E-state index contributed by atoms with van der Waals surface area (Å²) in [6.07, 6.45) is 8.08. The highest BCUT2D eigenvalue weighted by Gasteiger charge is 2.29. The normalized spacial score (nSPS) is 29.1. The molecule has 3 N–H and O–H groups in total. The van der Waals surface area contributed by atoms with Crippen LogP contribution in [-0.2, 0) is 0 Å². The Hall–Kier alpha value is -0.0800. The van der Waals surface area contributed by atoms with E-state index in [9.17, 15) is 0 Å². The maximum absolute atomic E-state index is 5.73. The molecule has 2 nitrogen and oxygen atoms in total. The van der Waals surface area contributed by atoms with Gasteiger partial charge in [0.2, 0.25) is 0 Å². The third kappa shape index (κ3) is 4.42. The minimum Gasteiger partial charge on any atom is -0.271 e. The van der Waals surface area contributed by atoms with Crippen LogP contribution in [0.25, 0.3) is 0 Å². The fraction of sp³-hybridized carbons (Fsp3) is 1.00. The van der Waals surface area contributed by atoms with Crippen LogP contribution < -0.4 is 11.3 Å². The van der Waals surface area contributed by atoms with Gasteiger partial charge in [-0.25, -0.2) is 0 Å². The van der Waals surface area contributed by atoms with Crippen LogP contribution in [0.2, 0.25) is 0 Å². The van der Waals surface area contributed by atoms with E-state index in [2.05, 4.69) is 33.1 Å². The summed E-state index contributed by atoms with van der Waals surface area (Å²) in [5.41, 5.74) is 3.43. The molecule has 2 heteroatoms. The molecular formula is C14H30N2. The average molecular weight is 226 g/mol. The van der Waals surface area contributed by atoms with Gasteiger partial charge in [-0.15, -0.1) is 0 Å². The summed E-state index contributed by atoms with van der Waals surface area (Å²) >= 11 is 0. The molecule has 1 saturated carbocycles. The lowest BCUT2D eigenvalue weighted by atomic mass is 9.74. The minimum atomic E-state index is 0.374. The second-order valence-corrected chi connectivity index (χ2v) is 6.73. The monoisotopic (exact) mass is 226 g/mol. The van der Waals surface area contributed by atoms with Crippen LogP contribution in [-0.4, -0.2) is 6.04 Å². The van der Waals surface area contributed by atoms with E-state index in [1.54, 1.807) is 0 Å². The van der Waals surface area contributed by atoms with E-state index in [0.29, 0.717) is 11.5 Å². The van der Waals surface area contributed by atoms with Crippen molar-refractivity contribution < 1.29 is 0 Å². The van der Waals surface area contributed by atoms with E-state index in [0.717, 1.165) is 11.8 Å². The highest BCUT2D eigenvalue weighted by atomic mass is 15.2. The lowest BCUT2D eigenvalue weighted by molar-refractivity contribution is 0.179. The molecule has 0 spiro atoms. The number of nitrogens with two attached hydrogens (primary N) is 1. The number of hydrogen-bond donors (Lipinski definition) is 2. The zero-order valence-electron chi connectivity index (χ0n) is 11.6. The molecule has 0 aromatic rings. The molecule has 0 saturated heterocycles. The highest BCUT2D eigenvalue weighted by molar-refractivity contribution is 4.83. The summed E-state index contributed by atoms with van der Waals surface area (Å²) in [5, 5.41) is 0. The van der Waals surface area contributed by atoms with Gasteiger partial charge in [-0.1, -0.05) is 47.0 Å². The van der Waals surface area contributed by atoms with Crippen LogP contribution >= 0.6 is 0 Å². The van der Waals surface area contributed by atoms with Gasteiger partial charge >= 0.3 is 0 Å². The van der Waals surface area contributed by atoms with E-state index in [-0.39, 0.29) is 0 Å². The summed E-state index contributed by atoms with van der Waals surface area (Å²) in [5.74, 6) is 7.50. The van der Waals surface area contributed by atoms with Crippen molar-refractivity contribution in [3.8, 4) is 0 Å². The molecule has 1 unspecified atom stereocenters. The Morgan fingerprint density at radius 1 is 1.19 bits per heavy atom. The standard InChI is InChI=1S/C14H30N2/c1-5-11-6-8-12(9-7-11)13(16-15)10-14(2,3)4/h11-13,16H,5-10,15H2,1-4H3. The molecule has 0 heterocycles. The molecule has 1 fully saturated rings. The minimum absolute atomic E-state index is 0.374. The third-order valence-corrected chi connectivity index (χ3v) is 4.08. The van der Waals surface area contributed by atoms with Crippen molar-refractivity contribution >= 4 is 0 Å². The van der Waals surface area contributed by atoms with Gasteiger partial charge in [-0.05, 0) is 36.5 Å². The number of rotatable bonds is 4. The second kappa shape index (κ2) is 6.02. The summed E-state index contributed by atoms with van der Waals surface area (Å²) in [7, 11) is 0. The summed E-state index contributed by atoms with van der Waals surface area (Å²) < 4.78 is 0. The first-order valence-corrected chi connectivity index (χ1v) is 6.92. The Labute approximate surface area is 101 Å². The van der Waals surface area contributed by atoms with Crippen LogP contribution in [0.4, 0.5) is 0 Å². The van der Waals surface area contributed by atoms with Gasteiger partial charge in [0.15, 0.2) is 0 Å². The first-order valence-electron chi connectivity index (χ1n) is 6.92. The van der Waals surface area contributed by atoms with Crippen molar-refractivity contribution in [3.63, 3.8) is 0 Å². The summed E-state index contributed by atoms with van der Waals surface area (Å²) in [4.78, 5) is 0. The van der Waals surface area contributed by atoms with Crippen LogP contribution in [0.1, 0.15) is 66.2 Å². The fourth-order valence-electron chi connectivity index (χ4n) is 3.02. The van der Waals surface area contributed by atoms with Crippen molar-refractivity contribution in [1.82, 2.24) is 5.43 Å². The molecule has 0 radical (unpaired) electrons. The Bertz CT molecular complexity index is 187. The van der Waals surface area contributed by atoms with Crippen LogP contribution in [0.5, 0.6) is 0 Å². The third-order valence-electron chi connectivity index (χ3n) is 4.08. The van der Waals surface area contributed by atoms with Crippen molar-refractivity contribution in [2.75, 3.05) is 0 Å². The van der Waals surface area contributed by atoms with Crippen molar-refractivity contribution in [2.45, 2.75) is 72.3 Å². The maximum Gasteiger partial charge on any atom is 0.0243 e. The molecule has 1 aliphatic rings. The van der Waals surface area contributed by atoms with Gasteiger partial charge < -0.3 is 0 Å². The molecule has 0 amide bonds. The molecule has 1 rings (SSSR count). The lowest BCUT2D eigenvalue weighted by Gasteiger charge is -2.36. The molecule has 0 bridgehead atoms. The van der Waals surface area contributed by atoms with Gasteiger partial charge in [0.05, 0.1) is 0 Å². The van der Waals surface area contributed by atoms with Gasteiger partial charge in [0, 0.05) is 6.04 Å². The molecular weight excluding hydrogens is 196 g/mol. The van der Waals surface area contributed by atoms with E-state index in [4.69, 9.17) is 5.84 Å². The van der Waals surface area contributed by atoms with E-state index in [1.807, 2.05) is 0 Å². The summed E-state index contributed by atoms with van der Waals surface area (Å²) in [6.45, 7) is 9.22.